The zero-order valence-corrected chi connectivity index (χ0v) is 12.6. The van der Waals surface area contributed by atoms with Crippen molar-refractivity contribution in [2.24, 2.45) is 5.92 Å². The Morgan fingerprint density at radius 3 is 2.65 bits per heavy atom. The first-order chi connectivity index (χ1) is 9.37. The molecule has 0 saturated carbocycles. The number of nitrogens with zero attached hydrogens (tertiary/aromatic N) is 2. The lowest BCUT2D eigenvalue weighted by Crippen LogP contribution is -2.42. The van der Waals surface area contributed by atoms with Gasteiger partial charge in [0, 0.05) is 13.1 Å². The number of hydrogen-bond donors (Lipinski definition) is 2. The summed E-state index contributed by atoms with van der Waals surface area (Å²) in [6, 6.07) is 3.75. The fourth-order valence-electron chi connectivity index (χ4n) is 2.20. The van der Waals surface area contributed by atoms with Crippen LogP contribution in [0.15, 0.2) is 12.1 Å². The van der Waals surface area contributed by atoms with E-state index in [1.807, 2.05) is 19.1 Å². The molecule has 112 valence electrons. The maximum absolute atomic E-state index is 9.99. The Morgan fingerprint density at radius 2 is 2.05 bits per heavy atom. The molecule has 0 bridgehead atoms. The van der Waals surface area contributed by atoms with Gasteiger partial charge < -0.3 is 20.5 Å². The zero-order valence-electron chi connectivity index (χ0n) is 12.6. The van der Waals surface area contributed by atoms with Crippen LogP contribution in [-0.2, 0) is 0 Å². The van der Waals surface area contributed by atoms with Gasteiger partial charge in [0.2, 0.25) is 5.88 Å². The SMILES string of the molecule is CC(C)COc1nc(N2CCC(C)(O)CC2)ccc1N. The Morgan fingerprint density at radius 1 is 1.40 bits per heavy atom. The highest BCUT2D eigenvalue weighted by molar-refractivity contribution is 5.54. The lowest BCUT2D eigenvalue weighted by molar-refractivity contribution is 0.0350. The maximum Gasteiger partial charge on any atom is 0.239 e. The van der Waals surface area contributed by atoms with Gasteiger partial charge in [0.15, 0.2) is 0 Å². The average Bonchev–Trinajstić information content (AvgIpc) is 2.38. The van der Waals surface area contributed by atoms with Gasteiger partial charge in [-0.2, -0.15) is 4.98 Å². The number of piperidine rings is 1. The van der Waals surface area contributed by atoms with E-state index in [0.29, 0.717) is 24.1 Å². The first kappa shape index (κ1) is 14.9. The lowest BCUT2D eigenvalue weighted by Gasteiger charge is -2.36. The van der Waals surface area contributed by atoms with Crippen LogP contribution in [0.25, 0.3) is 0 Å². The molecule has 3 N–H and O–H groups in total. The third kappa shape index (κ3) is 3.76. The molecular formula is C15H25N3O2. The molecule has 0 aromatic carbocycles. The van der Waals surface area contributed by atoms with Gasteiger partial charge in [0.05, 0.1) is 17.9 Å². The summed E-state index contributed by atoms with van der Waals surface area (Å²) < 4.78 is 5.66. The van der Waals surface area contributed by atoms with Crippen LogP contribution in [0.1, 0.15) is 33.6 Å². The molecule has 0 spiro atoms. The molecule has 2 rings (SSSR count). The predicted octanol–water partition coefficient (Wildman–Crippen LogP) is 2.05. The number of pyridine rings is 1. The van der Waals surface area contributed by atoms with Crippen LogP contribution in [0.3, 0.4) is 0 Å². The molecule has 1 aliphatic rings. The summed E-state index contributed by atoms with van der Waals surface area (Å²) in [6.45, 7) is 8.27. The van der Waals surface area contributed by atoms with Crippen LogP contribution >= 0.6 is 0 Å². The van der Waals surface area contributed by atoms with Crippen molar-refractivity contribution < 1.29 is 9.84 Å². The van der Waals surface area contributed by atoms with Crippen LogP contribution < -0.4 is 15.4 Å². The van der Waals surface area contributed by atoms with E-state index in [4.69, 9.17) is 10.5 Å². The summed E-state index contributed by atoms with van der Waals surface area (Å²) in [4.78, 5) is 6.68. The van der Waals surface area contributed by atoms with Crippen LogP contribution in [0.2, 0.25) is 0 Å². The van der Waals surface area contributed by atoms with Crippen molar-refractivity contribution in [3.05, 3.63) is 12.1 Å². The molecule has 1 aromatic rings. The smallest absolute Gasteiger partial charge is 0.239 e. The van der Waals surface area contributed by atoms with Gasteiger partial charge in [-0.1, -0.05) is 13.8 Å². The van der Waals surface area contributed by atoms with E-state index < -0.39 is 5.60 Å². The predicted molar refractivity (Wildman–Crippen MR) is 81.1 cm³/mol. The van der Waals surface area contributed by atoms with Crippen LogP contribution in [0.5, 0.6) is 5.88 Å². The second-order valence-corrected chi connectivity index (χ2v) is 6.25. The normalized spacial score (nSPS) is 18.4. The van der Waals surface area contributed by atoms with E-state index in [1.165, 1.54) is 0 Å². The molecule has 1 aliphatic heterocycles. The van der Waals surface area contributed by atoms with E-state index in [2.05, 4.69) is 23.7 Å². The van der Waals surface area contributed by atoms with Gasteiger partial charge in [-0.25, -0.2) is 0 Å². The fourth-order valence-corrected chi connectivity index (χ4v) is 2.20. The van der Waals surface area contributed by atoms with E-state index in [-0.39, 0.29) is 0 Å². The van der Waals surface area contributed by atoms with Crippen molar-refractivity contribution >= 4 is 11.5 Å². The van der Waals surface area contributed by atoms with Crippen molar-refractivity contribution in [1.82, 2.24) is 4.98 Å². The topological polar surface area (TPSA) is 71.6 Å². The Hall–Kier alpha value is -1.49. The molecule has 1 saturated heterocycles. The van der Waals surface area contributed by atoms with Gasteiger partial charge in [0.25, 0.3) is 0 Å². The Kier molecular flexibility index (Phi) is 4.38. The molecule has 1 aromatic heterocycles. The van der Waals surface area contributed by atoms with Gasteiger partial charge in [-0.15, -0.1) is 0 Å². The number of nitrogen functional groups attached to an aromatic ring is 1. The van der Waals surface area contributed by atoms with Crippen molar-refractivity contribution in [1.29, 1.82) is 0 Å². The molecule has 0 atom stereocenters. The lowest BCUT2D eigenvalue weighted by atomic mass is 9.94. The molecule has 20 heavy (non-hydrogen) atoms. The molecule has 5 heteroatoms. The van der Waals surface area contributed by atoms with Crippen molar-refractivity contribution in [3.8, 4) is 5.88 Å². The number of rotatable bonds is 4. The van der Waals surface area contributed by atoms with Gasteiger partial charge in [0.1, 0.15) is 5.82 Å². The number of nitrogens with two attached hydrogens (primary N) is 1. The second kappa shape index (κ2) is 5.87. The van der Waals surface area contributed by atoms with Crippen LogP contribution in [0.4, 0.5) is 11.5 Å². The Balaban J connectivity index is 2.07. The van der Waals surface area contributed by atoms with E-state index in [0.717, 1.165) is 31.7 Å². The summed E-state index contributed by atoms with van der Waals surface area (Å²) in [5.41, 5.74) is 5.92. The highest BCUT2D eigenvalue weighted by atomic mass is 16.5. The minimum absolute atomic E-state index is 0.435. The standard InChI is InChI=1S/C15H25N3O2/c1-11(2)10-20-14-12(16)4-5-13(17-14)18-8-6-15(3,19)7-9-18/h4-5,11,19H,6-10,16H2,1-3H3. The van der Waals surface area contributed by atoms with Crippen molar-refractivity contribution in [2.45, 2.75) is 39.2 Å². The minimum atomic E-state index is -0.554. The monoisotopic (exact) mass is 279 g/mol. The molecular weight excluding hydrogens is 254 g/mol. The summed E-state index contributed by atoms with van der Waals surface area (Å²) in [5, 5.41) is 9.99. The molecule has 0 aliphatic carbocycles. The average molecular weight is 279 g/mol. The molecule has 0 amide bonds. The zero-order chi connectivity index (χ0) is 14.8. The first-order valence-corrected chi connectivity index (χ1v) is 7.24. The second-order valence-electron chi connectivity index (χ2n) is 6.25. The van der Waals surface area contributed by atoms with Crippen LogP contribution in [-0.4, -0.2) is 35.4 Å². The number of aliphatic hydroxyl groups is 1. The van der Waals surface area contributed by atoms with E-state index in [9.17, 15) is 5.11 Å². The summed E-state index contributed by atoms with van der Waals surface area (Å²) in [6.07, 6.45) is 1.50. The Labute approximate surface area is 120 Å². The number of aromatic nitrogens is 1. The largest absolute Gasteiger partial charge is 0.476 e. The molecule has 0 radical (unpaired) electrons. The molecule has 0 unspecified atom stereocenters. The third-order valence-corrected chi connectivity index (χ3v) is 3.59. The molecule has 5 nitrogen and oxygen atoms in total. The Bertz CT molecular complexity index is 450. The fraction of sp³-hybridized carbons (Fsp3) is 0.667. The van der Waals surface area contributed by atoms with Gasteiger partial charge >= 0.3 is 0 Å². The molecule has 2 heterocycles. The number of ether oxygens (including phenoxy) is 1. The number of hydrogen-bond acceptors (Lipinski definition) is 5. The van der Waals surface area contributed by atoms with Crippen LogP contribution in [0, 0.1) is 5.92 Å². The summed E-state index contributed by atoms with van der Waals surface area (Å²) >= 11 is 0. The molecule has 1 fully saturated rings. The first-order valence-electron chi connectivity index (χ1n) is 7.24. The quantitative estimate of drug-likeness (QED) is 0.882. The highest BCUT2D eigenvalue weighted by Gasteiger charge is 2.28. The summed E-state index contributed by atoms with van der Waals surface area (Å²) in [5.74, 6) is 1.81. The van der Waals surface area contributed by atoms with Gasteiger partial charge in [-0.3, -0.25) is 0 Å². The van der Waals surface area contributed by atoms with E-state index >= 15 is 0 Å². The number of anilines is 2. The van der Waals surface area contributed by atoms with Gasteiger partial charge in [-0.05, 0) is 37.8 Å². The maximum atomic E-state index is 9.99. The van der Waals surface area contributed by atoms with Crippen molar-refractivity contribution in [3.63, 3.8) is 0 Å². The minimum Gasteiger partial charge on any atom is -0.476 e. The van der Waals surface area contributed by atoms with Crippen molar-refractivity contribution in [2.75, 3.05) is 30.3 Å². The van der Waals surface area contributed by atoms with E-state index in [1.54, 1.807) is 0 Å². The third-order valence-electron chi connectivity index (χ3n) is 3.59. The summed E-state index contributed by atoms with van der Waals surface area (Å²) in [7, 11) is 0. The highest BCUT2D eigenvalue weighted by Crippen LogP contribution is 2.28.